The summed E-state index contributed by atoms with van der Waals surface area (Å²) in [6, 6.07) is 1.92. The van der Waals surface area contributed by atoms with Gasteiger partial charge < -0.3 is 15.0 Å². The second-order valence-corrected chi connectivity index (χ2v) is 7.46. The predicted octanol–water partition coefficient (Wildman–Crippen LogP) is 3.47. The van der Waals surface area contributed by atoms with E-state index in [-0.39, 0.29) is 17.1 Å². The van der Waals surface area contributed by atoms with Crippen molar-refractivity contribution in [3.8, 4) is 0 Å². The highest BCUT2D eigenvalue weighted by Gasteiger charge is 2.32. The van der Waals surface area contributed by atoms with E-state index in [1.807, 2.05) is 0 Å². The molecule has 5 nitrogen and oxygen atoms in total. The molecule has 0 unspecified atom stereocenters. The number of hydrogen-bond acceptors (Lipinski definition) is 3. The number of nitrogens with zero attached hydrogens (tertiary/aromatic N) is 1. The van der Waals surface area contributed by atoms with Gasteiger partial charge in [-0.05, 0) is 55.3 Å². The smallest absolute Gasteiger partial charge is 0.407 e. The fourth-order valence-corrected chi connectivity index (χ4v) is 2.75. The molecule has 0 saturated carbocycles. The molecule has 24 heavy (non-hydrogen) atoms. The zero-order valence-corrected chi connectivity index (χ0v) is 15.2. The molecule has 1 aliphatic rings. The quantitative estimate of drug-likeness (QED) is 0.767. The minimum Gasteiger partial charge on any atom is -0.444 e. The number of rotatable bonds is 2. The van der Waals surface area contributed by atoms with E-state index in [2.05, 4.69) is 21.2 Å². The fraction of sp³-hybridized carbons (Fsp3) is 0.500. The molecule has 8 heteroatoms. The van der Waals surface area contributed by atoms with Crippen LogP contribution in [0, 0.1) is 11.6 Å². The van der Waals surface area contributed by atoms with E-state index in [1.54, 1.807) is 20.8 Å². The van der Waals surface area contributed by atoms with E-state index in [0.717, 1.165) is 6.07 Å². The third kappa shape index (κ3) is 4.43. The highest BCUT2D eigenvalue weighted by molar-refractivity contribution is 9.10. The molecule has 0 bridgehead atoms. The van der Waals surface area contributed by atoms with Crippen LogP contribution in [0.15, 0.2) is 16.6 Å². The van der Waals surface area contributed by atoms with Crippen LogP contribution in [0.4, 0.5) is 13.6 Å². The van der Waals surface area contributed by atoms with Gasteiger partial charge in [0.2, 0.25) is 0 Å². The molecule has 1 saturated heterocycles. The van der Waals surface area contributed by atoms with Crippen LogP contribution >= 0.6 is 15.9 Å². The summed E-state index contributed by atoms with van der Waals surface area (Å²) in [6.45, 7) is 5.70. The summed E-state index contributed by atoms with van der Waals surface area (Å²) in [7, 11) is 0. The van der Waals surface area contributed by atoms with Gasteiger partial charge in [-0.2, -0.15) is 0 Å². The average Bonchev–Trinajstić information content (AvgIpc) is 2.89. The van der Waals surface area contributed by atoms with Crippen LogP contribution in [-0.4, -0.2) is 41.6 Å². The van der Waals surface area contributed by atoms with E-state index in [1.165, 1.54) is 11.0 Å². The van der Waals surface area contributed by atoms with Crippen molar-refractivity contribution >= 4 is 27.9 Å². The Balaban J connectivity index is 2.02. The zero-order chi connectivity index (χ0) is 18.1. The summed E-state index contributed by atoms with van der Waals surface area (Å²) in [4.78, 5) is 25.4. The number of halogens is 3. The van der Waals surface area contributed by atoms with Crippen LogP contribution in [0.1, 0.15) is 37.6 Å². The molecule has 0 radical (unpaired) electrons. The Morgan fingerprint density at radius 1 is 1.33 bits per heavy atom. The van der Waals surface area contributed by atoms with E-state index in [0.29, 0.717) is 13.0 Å². The van der Waals surface area contributed by atoms with Gasteiger partial charge in [-0.1, -0.05) is 0 Å². The van der Waals surface area contributed by atoms with Crippen molar-refractivity contribution in [1.29, 1.82) is 0 Å². The van der Waals surface area contributed by atoms with Gasteiger partial charge in [-0.15, -0.1) is 0 Å². The molecule has 1 aliphatic heterocycles. The predicted molar refractivity (Wildman–Crippen MR) is 87.7 cm³/mol. The fourth-order valence-electron chi connectivity index (χ4n) is 2.42. The molecule has 1 heterocycles. The van der Waals surface area contributed by atoms with Crippen LogP contribution < -0.4 is 5.32 Å². The van der Waals surface area contributed by atoms with Gasteiger partial charge in [0, 0.05) is 13.1 Å². The molecular formula is C16H19BrF2N2O3. The SMILES string of the molecule is CC(C)(C)OC(=O)N[C@H]1CCN(C(=O)c2c(F)ccc(Br)c2F)C1. The molecule has 2 rings (SSSR count). The first-order valence-electron chi connectivity index (χ1n) is 7.51. The average molecular weight is 405 g/mol. The van der Waals surface area contributed by atoms with Gasteiger partial charge in [0.1, 0.15) is 17.0 Å². The Labute approximate surface area is 147 Å². The summed E-state index contributed by atoms with van der Waals surface area (Å²) in [5, 5.41) is 2.66. The lowest BCUT2D eigenvalue weighted by atomic mass is 10.1. The minimum atomic E-state index is -0.927. The highest BCUT2D eigenvalue weighted by Crippen LogP contribution is 2.24. The molecular weight excluding hydrogens is 386 g/mol. The number of likely N-dealkylation sites (tertiary alicyclic amines) is 1. The molecule has 1 atom stereocenters. The third-order valence-corrected chi connectivity index (χ3v) is 4.07. The van der Waals surface area contributed by atoms with Crippen LogP contribution in [0.5, 0.6) is 0 Å². The minimum absolute atomic E-state index is 0.0230. The lowest BCUT2D eigenvalue weighted by Crippen LogP contribution is -2.41. The van der Waals surface area contributed by atoms with E-state index < -0.39 is 34.8 Å². The monoisotopic (exact) mass is 404 g/mol. The number of nitrogens with one attached hydrogen (secondary N) is 1. The Bertz CT molecular complexity index is 661. The number of carbonyl (C=O) groups excluding carboxylic acids is 2. The largest absolute Gasteiger partial charge is 0.444 e. The van der Waals surface area contributed by atoms with Gasteiger partial charge in [-0.25, -0.2) is 13.6 Å². The van der Waals surface area contributed by atoms with E-state index >= 15 is 0 Å². The highest BCUT2D eigenvalue weighted by atomic mass is 79.9. The second kappa shape index (κ2) is 7.04. The summed E-state index contributed by atoms with van der Waals surface area (Å²) < 4.78 is 33.0. The number of hydrogen-bond donors (Lipinski definition) is 1. The maximum Gasteiger partial charge on any atom is 0.407 e. The van der Waals surface area contributed by atoms with Crippen molar-refractivity contribution in [3.05, 3.63) is 33.8 Å². The number of amides is 2. The van der Waals surface area contributed by atoms with Crippen molar-refractivity contribution < 1.29 is 23.1 Å². The van der Waals surface area contributed by atoms with E-state index in [4.69, 9.17) is 4.74 Å². The summed E-state index contributed by atoms with van der Waals surface area (Å²) in [5.41, 5.74) is -1.22. The number of carbonyl (C=O) groups is 2. The summed E-state index contributed by atoms with van der Waals surface area (Å²) in [5.74, 6) is -2.58. The lowest BCUT2D eigenvalue weighted by molar-refractivity contribution is 0.0501. The molecule has 1 fully saturated rings. The summed E-state index contributed by atoms with van der Waals surface area (Å²) in [6.07, 6.45) is -0.0935. The molecule has 1 aromatic rings. The van der Waals surface area contributed by atoms with Gasteiger partial charge in [0.15, 0.2) is 5.82 Å². The zero-order valence-electron chi connectivity index (χ0n) is 13.7. The first-order chi connectivity index (χ1) is 11.1. The number of alkyl carbamates (subject to hydrolysis) is 1. The topological polar surface area (TPSA) is 58.6 Å². The van der Waals surface area contributed by atoms with Crippen molar-refractivity contribution in [2.45, 2.75) is 38.8 Å². The van der Waals surface area contributed by atoms with Crippen molar-refractivity contribution in [2.75, 3.05) is 13.1 Å². The summed E-state index contributed by atoms with van der Waals surface area (Å²) >= 11 is 2.94. The first-order valence-corrected chi connectivity index (χ1v) is 8.30. The van der Waals surface area contributed by atoms with Crippen LogP contribution in [-0.2, 0) is 4.74 Å². The van der Waals surface area contributed by atoms with Gasteiger partial charge in [0.25, 0.3) is 5.91 Å². The maximum atomic E-state index is 14.0. The van der Waals surface area contributed by atoms with Crippen molar-refractivity contribution in [1.82, 2.24) is 10.2 Å². The Hall–Kier alpha value is -1.70. The molecule has 0 aliphatic carbocycles. The molecule has 1 N–H and O–H groups in total. The normalized spacial score (nSPS) is 17.8. The first kappa shape index (κ1) is 18.6. The standard InChI is InChI=1S/C16H19BrF2N2O3/c1-16(2,3)24-15(23)20-9-6-7-21(8-9)14(22)12-11(18)5-4-10(17)13(12)19/h4-5,9H,6-8H2,1-3H3,(H,20,23)/t9-/m0/s1. The lowest BCUT2D eigenvalue weighted by Gasteiger charge is -2.22. The van der Waals surface area contributed by atoms with Gasteiger partial charge in [0.05, 0.1) is 10.5 Å². The van der Waals surface area contributed by atoms with Gasteiger partial charge in [-0.3, -0.25) is 4.79 Å². The maximum absolute atomic E-state index is 14.0. The molecule has 2 amide bonds. The molecule has 0 aromatic heterocycles. The van der Waals surface area contributed by atoms with Crippen LogP contribution in [0.2, 0.25) is 0 Å². The Morgan fingerprint density at radius 2 is 2.00 bits per heavy atom. The number of ether oxygens (including phenoxy) is 1. The van der Waals surface area contributed by atoms with Crippen LogP contribution in [0.25, 0.3) is 0 Å². The Kier molecular flexibility index (Phi) is 5.47. The second-order valence-electron chi connectivity index (χ2n) is 6.60. The van der Waals surface area contributed by atoms with Crippen molar-refractivity contribution in [2.24, 2.45) is 0 Å². The molecule has 1 aromatic carbocycles. The van der Waals surface area contributed by atoms with E-state index in [9.17, 15) is 18.4 Å². The van der Waals surface area contributed by atoms with Crippen LogP contribution in [0.3, 0.4) is 0 Å². The number of benzene rings is 1. The van der Waals surface area contributed by atoms with Crippen molar-refractivity contribution in [3.63, 3.8) is 0 Å². The third-order valence-electron chi connectivity index (χ3n) is 3.45. The molecule has 132 valence electrons. The molecule has 0 spiro atoms. The van der Waals surface area contributed by atoms with Gasteiger partial charge >= 0.3 is 6.09 Å². The Morgan fingerprint density at radius 3 is 2.62 bits per heavy atom.